The molecule has 0 radical (unpaired) electrons. The molecule has 2 rings (SSSR count). The SMILES string of the molecule is CNc1nccc(-c2ccc(C)c(C)c2C)n1. The van der Waals surface area contributed by atoms with Crippen molar-refractivity contribution in [2.45, 2.75) is 20.8 Å². The number of aryl methyl sites for hydroxylation is 1. The van der Waals surface area contributed by atoms with E-state index >= 15 is 0 Å². The van der Waals surface area contributed by atoms with Crippen LogP contribution in [0.3, 0.4) is 0 Å². The predicted octanol–water partition coefficient (Wildman–Crippen LogP) is 3.11. The fraction of sp³-hybridized carbons (Fsp3) is 0.286. The molecule has 2 aromatic rings. The zero-order chi connectivity index (χ0) is 12.4. The number of nitrogens with zero attached hydrogens (tertiary/aromatic N) is 2. The van der Waals surface area contributed by atoms with Crippen molar-refractivity contribution in [2.24, 2.45) is 0 Å². The minimum Gasteiger partial charge on any atom is -0.357 e. The summed E-state index contributed by atoms with van der Waals surface area (Å²) < 4.78 is 0. The summed E-state index contributed by atoms with van der Waals surface area (Å²) in [6.07, 6.45) is 1.78. The van der Waals surface area contributed by atoms with Crippen LogP contribution in [0.15, 0.2) is 24.4 Å². The van der Waals surface area contributed by atoms with Gasteiger partial charge in [0, 0.05) is 18.8 Å². The lowest BCUT2D eigenvalue weighted by Gasteiger charge is -2.11. The number of nitrogens with one attached hydrogen (secondary N) is 1. The topological polar surface area (TPSA) is 37.8 Å². The first kappa shape index (κ1) is 11.6. The Labute approximate surface area is 102 Å². The monoisotopic (exact) mass is 227 g/mol. The van der Waals surface area contributed by atoms with E-state index in [9.17, 15) is 0 Å². The zero-order valence-electron chi connectivity index (χ0n) is 10.7. The molecule has 0 saturated carbocycles. The largest absolute Gasteiger partial charge is 0.357 e. The van der Waals surface area contributed by atoms with Crippen molar-refractivity contribution in [3.05, 3.63) is 41.1 Å². The van der Waals surface area contributed by atoms with Crippen molar-refractivity contribution in [3.8, 4) is 11.3 Å². The van der Waals surface area contributed by atoms with Crippen molar-refractivity contribution in [1.82, 2.24) is 9.97 Å². The van der Waals surface area contributed by atoms with Gasteiger partial charge in [-0.05, 0) is 43.5 Å². The fourth-order valence-electron chi connectivity index (χ4n) is 1.86. The highest BCUT2D eigenvalue weighted by Crippen LogP contribution is 2.26. The Morgan fingerprint density at radius 1 is 1.00 bits per heavy atom. The van der Waals surface area contributed by atoms with Crippen molar-refractivity contribution in [1.29, 1.82) is 0 Å². The number of benzene rings is 1. The van der Waals surface area contributed by atoms with E-state index in [1.807, 2.05) is 13.1 Å². The summed E-state index contributed by atoms with van der Waals surface area (Å²) in [4.78, 5) is 8.60. The van der Waals surface area contributed by atoms with Gasteiger partial charge in [-0.2, -0.15) is 0 Å². The molecule has 17 heavy (non-hydrogen) atoms. The molecule has 0 fully saturated rings. The van der Waals surface area contributed by atoms with E-state index in [-0.39, 0.29) is 0 Å². The second-order valence-electron chi connectivity index (χ2n) is 4.20. The lowest BCUT2D eigenvalue weighted by molar-refractivity contribution is 1.15. The highest BCUT2D eigenvalue weighted by molar-refractivity contribution is 5.66. The van der Waals surface area contributed by atoms with Gasteiger partial charge in [-0.25, -0.2) is 9.97 Å². The molecular formula is C14H17N3. The Kier molecular flexibility index (Phi) is 3.09. The molecule has 1 N–H and O–H groups in total. The third-order valence-corrected chi connectivity index (χ3v) is 3.21. The van der Waals surface area contributed by atoms with Crippen LogP contribution in [-0.4, -0.2) is 17.0 Å². The average Bonchev–Trinajstić information content (AvgIpc) is 2.36. The predicted molar refractivity (Wildman–Crippen MR) is 71.2 cm³/mol. The van der Waals surface area contributed by atoms with Gasteiger partial charge in [-0.15, -0.1) is 0 Å². The number of hydrogen-bond acceptors (Lipinski definition) is 3. The first-order valence-electron chi connectivity index (χ1n) is 5.71. The van der Waals surface area contributed by atoms with Gasteiger partial charge in [0.1, 0.15) is 0 Å². The van der Waals surface area contributed by atoms with Gasteiger partial charge in [0.2, 0.25) is 5.95 Å². The van der Waals surface area contributed by atoms with Crippen LogP contribution in [0.25, 0.3) is 11.3 Å². The molecule has 0 bridgehead atoms. The van der Waals surface area contributed by atoms with Crippen LogP contribution in [0.4, 0.5) is 5.95 Å². The maximum Gasteiger partial charge on any atom is 0.222 e. The van der Waals surface area contributed by atoms with Gasteiger partial charge in [0.25, 0.3) is 0 Å². The van der Waals surface area contributed by atoms with E-state index in [0.717, 1.165) is 5.69 Å². The highest BCUT2D eigenvalue weighted by Gasteiger charge is 2.07. The molecule has 0 unspecified atom stereocenters. The number of anilines is 1. The van der Waals surface area contributed by atoms with Crippen molar-refractivity contribution < 1.29 is 0 Å². The van der Waals surface area contributed by atoms with Gasteiger partial charge in [-0.1, -0.05) is 12.1 Å². The fourth-order valence-corrected chi connectivity index (χ4v) is 1.86. The Morgan fingerprint density at radius 2 is 1.76 bits per heavy atom. The molecule has 3 heteroatoms. The molecule has 0 atom stereocenters. The molecular weight excluding hydrogens is 210 g/mol. The minimum absolute atomic E-state index is 0.653. The van der Waals surface area contributed by atoms with Crippen LogP contribution in [0.2, 0.25) is 0 Å². The van der Waals surface area contributed by atoms with E-state index in [4.69, 9.17) is 0 Å². The summed E-state index contributed by atoms with van der Waals surface area (Å²) in [6.45, 7) is 6.41. The molecule has 0 aliphatic carbocycles. The third kappa shape index (κ3) is 2.13. The zero-order valence-corrected chi connectivity index (χ0v) is 10.7. The molecule has 3 nitrogen and oxygen atoms in total. The quantitative estimate of drug-likeness (QED) is 0.856. The van der Waals surface area contributed by atoms with Crippen LogP contribution >= 0.6 is 0 Å². The van der Waals surface area contributed by atoms with E-state index in [0.29, 0.717) is 5.95 Å². The van der Waals surface area contributed by atoms with Crippen LogP contribution in [0, 0.1) is 20.8 Å². The first-order valence-corrected chi connectivity index (χ1v) is 5.71. The molecule has 0 amide bonds. The van der Waals surface area contributed by atoms with Gasteiger partial charge < -0.3 is 5.32 Å². The maximum atomic E-state index is 4.47. The Hall–Kier alpha value is -1.90. The molecule has 1 aromatic heterocycles. The third-order valence-electron chi connectivity index (χ3n) is 3.21. The molecule has 0 aliphatic rings. The molecule has 88 valence electrons. The van der Waals surface area contributed by atoms with Gasteiger partial charge in [0.05, 0.1) is 5.69 Å². The van der Waals surface area contributed by atoms with Crippen molar-refractivity contribution in [2.75, 3.05) is 12.4 Å². The molecule has 0 spiro atoms. The van der Waals surface area contributed by atoms with Gasteiger partial charge >= 0.3 is 0 Å². The summed E-state index contributed by atoms with van der Waals surface area (Å²) in [5.41, 5.74) is 6.06. The summed E-state index contributed by atoms with van der Waals surface area (Å²) >= 11 is 0. The van der Waals surface area contributed by atoms with Crippen LogP contribution in [0.5, 0.6) is 0 Å². The molecule has 1 aromatic carbocycles. The average molecular weight is 227 g/mol. The molecule has 1 heterocycles. The summed E-state index contributed by atoms with van der Waals surface area (Å²) in [6, 6.07) is 6.20. The van der Waals surface area contributed by atoms with Crippen LogP contribution in [-0.2, 0) is 0 Å². The van der Waals surface area contributed by atoms with Crippen LogP contribution < -0.4 is 5.32 Å². The summed E-state index contributed by atoms with van der Waals surface area (Å²) in [7, 11) is 1.83. The van der Waals surface area contributed by atoms with E-state index < -0.39 is 0 Å². The number of aromatic nitrogens is 2. The second-order valence-corrected chi connectivity index (χ2v) is 4.20. The normalized spacial score (nSPS) is 10.4. The Balaban J connectivity index is 2.56. The van der Waals surface area contributed by atoms with Gasteiger partial charge in [-0.3, -0.25) is 0 Å². The number of rotatable bonds is 2. The standard InChI is InChI=1S/C14H17N3/c1-9-5-6-12(11(3)10(9)2)13-7-8-16-14(15-4)17-13/h5-8H,1-4H3,(H,15,16,17). The minimum atomic E-state index is 0.653. The Morgan fingerprint density at radius 3 is 2.47 bits per heavy atom. The Bertz CT molecular complexity index is 547. The lowest BCUT2D eigenvalue weighted by Crippen LogP contribution is -1.98. The first-order chi connectivity index (χ1) is 8.13. The summed E-state index contributed by atoms with van der Waals surface area (Å²) in [5.74, 6) is 0.653. The van der Waals surface area contributed by atoms with E-state index in [1.165, 1.54) is 22.3 Å². The summed E-state index contributed by atoms with van der Waals surface area (Å²) in [5, 5.41) is 2.96. The number of hydrogen-bond donors (Lipinski definition) is 1. The van der Waals surface area contributed by atoms with Crippen molar-refractivity contribution in [3.63, 3.8) is 0 Å². The van der Waals surface area contributed by atoms with Crippen LogP contribution in [0.1, 0.15) is 16.7 Å². The maximum absolute atomic E-state index is 4.47. The highest BCUT2D eigenvalue weighted by atomic mass is 15.1. The van der Waals surface area contributed by atoms with Crippen molar-refractivity contribution >= 4 is 5.95 Å². The van der Waals surface area contributed by atoms with Gasteiger partial charge in [0.15, 0.2) is 0 Å². The van der Waals surface area contributed by atoms with E-state index in [1.54, 1.807) is 6.20 Å². The lowest BCUT2D eigenvalue weighted by atomic mass is 9.97. The molecule has 0 aliphatic heterocycles. The molecule has 0 saturated heterocycles. The smallest absolute Gasteiger partial charge is 0.222 e. The second kappa shape index (κ2) is 4.53. The van der Waals surface area contributed by atoms with E-state index in [2.05, 4.69) is 48.2 Å².